The second kappa shape index (κ2) is 5.56. The lowest BCUT2D eigenvalue weighted by Gasteiger charge is -2.34. The molecule has 0 saturated carbocycles. The van der Waals surface area contributed by atoms with Crippen LogP contribution in [0.5, 0.6) is 0 Å². The molecule has 2 nitrogen and oxygen atoms in total. The monoisotopic (exact) mass is 241 g/mol. The Labute approximate surface area is 99.9 Å². The van der Waals surface area contributed by atoms with Crippen molar-refractivity contribution < 1.29 is 13.9 Å². The summed E-state index contributed by atoms with van der Waals surface area (Å²) in [6, 6.07) is 3.71. The first-order chi connectivity index (χ1) is 8.19. The maximum Gasteiger partial charge on any atom is 0.126 e. The quantitative estimate of drug-likeness (QED) is 0.877. The summed E-state index contributed by atoms with van der Waals surface area (Å²) >= 11 is 0. The maximum absolute atomic E-state index is 13.1. The van der Waals surface area contributed by atoms with Gasteiger partial charge in [-0.05, 0) is 37.1 Å². The summed E-state index contributed by atoms with van der Waals surface area (Å²) in [5, 5.41) is 9.26. The molecule has 0 aliphatic carbocycles. The third kappa shape index (κ3) is 3.23. The number of nitrogens with zero attached hydrogens (tertiary/aromatic N) is 1. The van der Waals surface area contributed by atoms with Crippen LogP contribution >= 0.6 is 0 Å². The largest absolute Gasteiger partial charge is 0.395 e. The van der Waals surface area contributed by atoms with E-state index in [-0.39, 0.29) is 12.6 Å². The average molecular weight is 241 g/mol. The number of hydrogen-bond acceptors (Lipinski definition) is 2. The number of aliphatic hydroxyl groups excluding tert-OH is 1. The molecule has 0 aromatic heterocycles. The Morgan fingerprint density at radius 2 is 1.88 bits per heavy atom. The van der Waals surface area contributed by atoms with E-state index in [1.165, 1.54) is 12.1 Å². The van der Waals surface area contributed by atoms with E-state index in [1.807, 2.05) is 0 Å². The summed E-state index contributed by atoms with van der Waals surface area (Å²) in [5.41, 5.74) is 0.628. The molecule has 0 unspecified atom stereocenters. The standard InChI is InChI=1S/C13H17F2NO/c14-11-5-10(6-12(15)7-11)8-16-4-2-1-3-13(16)9-17/h5-7,13,17H,1-4,8-9H2/t13-/m0/s1. The van der Waals surface area contributed by atoms with Crippen molar-refractivity contribution in [1.82, 2.24) is 4.90 Å². The van der Waals surface area contributed by atoms with Gasteiger partial charge in [-0.2, -0.15) is 0 Å². The minimum atomic E-state index is -0.544. The summed E-state index contributed by atoms with van der Waals surface area (Å²) < 4.78 is 26.1. The zero-order valence-corrected chi connectivity index (χ0v) is 9.70. The number of halogens is 2. The molecule has 0 amide bonds. The van der Waals surface area contributed by atoms with Gasteiger partial charge in [0.1, 0.15) is 11.6 Å². The van der Waals surface area contributed by atoms with Crippen molar-refractivity contribution in [3.8, 4) is 0 Å². The topological polar surface area (TPSA) is 23.5 Å². The fourth-order valence-corrected chi connectivity index (χ4v) is 2.41. The molecule has 94 valence electrons. The van der Waals surface area contributed by atoms with E-state index in [1.54, 1.807) is 0 Å². The van der Waals surface area contributed by atoms with Crippen LogP contribution in [0.1, 0.15) is 24.8 Å². The van der Waals surface area contributed by atoms with Crippen LogP contribution in [-0.2, 0) is 6.54 Å². The molecule has 0 bridgehead atoms. The fraction of sp³-hybridized carbons (Fsp3) is 0.538. The summed E-state index contributed by atoms with van der Waals surface area (Å²) in [7, 11) is 0. The Morgan fingerprint density at radius 3 is 2.53 bits per heavy atom. The highest BCUT2D eigenvalue weighted by molar-refractivity contribution is 5.18. The van der Waals surface area contributed by atoms with Crippen molar-refractivity contribution >= 4 is 0 Å². The average Bonchev–Trinajstić information content (AvgIpc) is 2.28. The van der Waals surface area contributed by atoms with Gasteiger partial charge in [-0.1, -0.05) is 6.42 Å². The molecule has 0 radical (unpaired) electrons. The molecule has 1 aliphatic heterocycles. The summed E-state index contributed by atoms with van der Waals surface area (Å²) in [6.07, 6.45) is 3.14. The Bertz CT molecular complexity index is 363. The van der Waals surface area contributed by atoms with Crippen molar-refractivity contribution in [1.29, 1.82) is 0 Å². The van der Waals surface area contributed by atoms with Crippen LogP contribution in [0, 0.1) is 11.6 Å². The molecule has 1 aliphatic rings. The van der Waals surface area contributed by atoms with E-state index in [9.17, 15) is 13.9 Å². The van der Waals surface area contributed by atoms with E-state index in [4.69, 9.17) is 0 Å². The van der Waals surface area contributed by atoms with E-state index in [2.05, 4.69) is 4.90 Å². The lowest BCUT2D eigenvalue weighted by Crippen LogP contribution is -2.41. The second-order valence-corrected chi connectivity index (χ2v) is 4.58. The van der Waals surface area contributed by atoms with Crippen LogP contribution in [0.4, 0.5) is 8.78 Å². The first-order valence-corrected chi connectivity index (χ1v) is 5.99. The summed E-state index contributed by atoms with van der Waals surface area (Å²) in [5.74, 6) is -1.09. The normalized spacial score (nSPS) is 21.7. The van der Waals surface area contributed by atoms with Gasteiger partial charge < -0.3 is 5.11 Å². The number of rotatable bonds is 3. The lowest BCUT2D eigenvalue weighted by atomic mass is 10.0. The molecule has 1 aromatic carbocycles. The van der Waals surface area contributed by atoms with E-state index < -0.39 is 11.6 Å². The van der Waals surface area contributed by atoms with Crippen LogP contribution in [0.15, 0.2) is 18.2 Å². The maximum atomic E-state index is 13.1. The van der Waals surface area contributed by atoms with Crippen molar-refractivity contribution in [2.24, 2.45) is 0 Å². The molecule has 1 fully saturated rings. The van der Waals surface area contributed by atoms with Crippen LogP contribution in [0.2, 0.25) is 0 Å². The first kappa shape index (κ1) is 12.5. The molecule has 1 atom stereocenters. The van der Waals surface area contributed by atoms with E-state index in [0.717, 1.165) is 31.9 Å². The molecule has 0 spiro atoms. The minimum absolute atomic E-state index is 0.109. The van der Waals surface area contributed by atoms with Crippen molar-refractivity contribution in [2.75, 3.05) is 13.2 Å². The predicted molar refractivity (Wildman–Crippen MR) is 61.5 cm³/mol. The zero-order valence-electron chi connectivity index (χ0n) is 9.70. The minimum Gasteiger partial charge on any atom is -0.395 e. The molecule has 2 rings (SSSR count). The highest BCUT2D eigenvalue weighted by atomic mass is 19.1. The van der Waals surface area contributed by atoms with Gasteiger partial charge in [-0.3, -0.25) is 4.90 Å². The van der Waals surface area contributed by atoms with Gasteiger partial charge >= 0.3 is 0 Å². The SMILES string of the molecule is OC[C@@H]1CCCCN1Cc1cc(F)cc(F)c1. The summed E-state index contributed by atoms with van der Waals surface area (Å²) in [4.78, 5) is 2.09. The van der Waals surface area contributed by atoms with Crippen molar-refractivity contribution in [3.05, 3.63) is 35.4 Å². The lowest BCUT2D eigenvalue weighted by molar-refractivity contribution is 0.0840. The number of aliphatic hydroxyl groups is 1. The van der Waals surface area contributed by atoms with Gasteiger partial charge in [0, 0.05) is 18.7 Å². The fourth-order valence-electron chi connectivity index (χ4n) is 2.41. The molecular formula is C13H17F2NO. The first-order valence-electron chi connectivity index (χ1n) is 5.99. The van der Waals surface area contributed by atoms with Crippen LogP contribution in [-0.4, -0.2) is 29.2 Å². The smallest absolute Gasteiger partial charge is 0.126 e. The van der Waals surface area contributed by atoms with Crippen molar-refractivity contribution in [2.45, 2.75) is 31.8 Å². The van der Waals surface area contributed by atoms with Gasteiger partial charge in [0.05, 0.1) is 6.61 Å². The number of benzene rings is 1. The van der Waals surface area contributed by atoms with E-state index in [0.29, 0.717) is 12.1 Å². The molecule has 17 heavy (non-hydrogen) atoms. The molecule has 1 saturated heterocycles. The molecule has 1 N–H and O–H groups in total. The van der Waals surface area contributed by atoms with Crippen molar-refractivity contribution in [3.63, 3.8) is 0 Å². The number of likely N-dealkylation sites (tertiary alicyclic amines) is 1. The van der Waals surface area contributed by atoms with Gasteiger partial charge in [0.25, 0.3) is 0 Å². The highest BCUT2D eigenvalue weighted by Crippen LogP contribution is 2.20. The second-order valence-electron chi connectivity index (χ2n) is 4.58. The van der Waals surface area contributed by atoms with Gasteiger partial charge in [0.2, 0.25) is 0 Å². The molecular weight excluding hydrogens is 224 g/mol. The summed E-state index contributed by atoms with van der Waals surface area (Å²) in [6.45, 7) is 1.49. The van der Waals surface area contributed by atoms with Crippen LogP contribution in [0.25, 0.3) is 0 Å². The van der Waals surface area contributed by atoms with Gasteiger partial charge in [0.15, 0.2) is 0 Å². The zero-order chi connectivity index (χ0) is 12.3. The van der Waals surface area contributed by atoms with Gasteiger partial charge in [-0.25, -0.2) is 8.78 Å². The molecule has 4 heteroatoms. The Kier molecular flexibility index (Phi) is 4.07. The van der Waals surface area contributed by atoms with Crippen LogP contribution in [0.3, 0.4) is 0 Å². The Balaban J connectivity index is 2.08. The van der Waals surface area contributed by atoms with E-state index >= 15 is 0 Å². The third-order valence-electron chi connectivity index (χ3n) is 3.27. The molecule has 1 heterocycles. The number of piperidine rings is 1. The Morgan fingerprint density at radius 1 is 1.18 bits per heavy atom. The van der Waals surface area contributed by atoms with Gasteiger partial charge in [-0.15, -0.1) is 0 Å². The highest BCUT2D eigenvalue weighted by Gasteiger charge is 2.21. The number of hydrogen-bond donors (Lipinski definition) is 1. The third-order valence-corrected chi connectivity index (χ3v) is 3.27. The predicted octanol–water partition coefficient (Wildman–Crippen LogP) is 2.31. The van der Waals surface area contributed by atoms with Crippen LogP contribution < -0.4 is 0 Å². The molecule has 1 aromatic rings. The Hall–Kier alpha value is -1.00.